The quantitative estimate of drug-likeness (QED) is 0.310. The number of nitrogens with one attached hydrogen (secondary N) is 2. The zero-order valence-electron chi connectivity index (χ0n) is 11.1. The molecule has 120 valence electrons. The number of hydrogen-bond acceptors (Lipinski definition) is 0. The molecular weight excluding hydrogens is 509 g/mol. The molecule has 0 amide bonds. The minimum absolute atomic E-state index is 0.286. The van der Waals surface area contributed by atoms with Gasteiger partial charge in [-0.05, 0) is 0 Å². The summed E-state index contributed by atoms with van der Waals surface area (Å²) in [5.41, 5.74) is 14.5. The molecule has 0 unspecified atom stereocenters. The third-order valence-corrected chi connectivity index (χ3v) is 3.21. The van der Waals surface area contributed by atoms with E-state index < -0.39 is 11.9 Å². The molecule has 0 saturated heterocycles. The SMILES string of the molecule is [Cl][Pt+2]([Cl])([Cl])[Cl].[NH-]C1CCCCC1.[NH-]C1CCCCC1. The molecule has 0 bridgehead atoms. The summed E-state index contributed by atoms with van der Waals surface area (Å²) in [5.74, 6) is 0. The second-order valence-corrected chi connectivity index (χ2v) is 24.6. The Labute approximate surface area is 136 Å². The Morgan fingerprint density at radius 3 is 0.895 bits per heavy atom. The molecule has 7 heteroatoms. The molecule has 0 radical (unpaired) electrons. The molecule has 2 rings (SSSR count). The fourth-order valence-electron chi connectivity index (χ4n) is 2.21. The van der Waals surface area contributed by atoms with E-state index in [1.165, 1.54) is 38.5 Å². The van der Waals surface area contributed by atoms with Gasteiger partial charge in [-0.15, -0.1) is 12.1 Å². The third-order valence-electron chi connectivity index (χ3n) is 3.21. The standard InChI is InChI=1S/2C6H12N.4ClH.Pt/c2*7-6-4-2-1-3-5-6;;;;;/h2*6-7H,1-5H2;4*1H;/q2*-1;;;;;+6/p-4. The van der Waals surface area contributed by atoms with Crippen LogP contribution in [0.2, 0.25) is 0 Å². The summed E-state index contributed by atoms with van der Waals surface area (Å²) >= 11 is -3.06. The summed E-state index contributed by atoms with van der Waals surface area (Å²) in [6.45, 7) is 0. The zero-order chi connectivity index (χ0) is 14.7. The Hall–Kier alpha value is 1.77. The van der Waals surface area contributed by atoms with Crippen LogP contribution in [0.4, 0.5) is 0 Å². The third kappa shape index (κ3) is 19.8. The molecule has 0 aliphatic heterocycles. The van der Waals surface area contributed by atoms with Crippen LogP contribution in [0.25, 0.3) is 11.5 Å². The van der Waals surface area contributed by atoms with Gasteiger partial charge in [0.05, 0.1) is 0 Å². The summed E-state index contributed by atoms with van der Waals surface area (Å²) in [6.07, 6.45) is 12.6. The summed E-state index contributed by atoms with van der Waals surface area (Å²) in [5, 5.41) is 0. The minimum atomic E-state index is -3.06. The van der Waals surface area contributed by atoms with Crippen molar-refractivity contribution >= 4 is 37.7 Å². The predicted molar refractivity (Wildman–Crippen MR) is 85.8 cm³/mol. The molecular formula is C12H24Cl4N2Pt. The monoisotopic (exact) mass is 531 g/mol. The second kappa shape index (κ2) is 12.3. The molecule has 0 heterocycles. The van der Waals surface area contributed by atoms with E-state index >= 15 is 0 Å². The van der Waals surface area contributed by atoms with Crippen molar-refractivity contribution in [1.82, 2.24) is 0 Å². The van der Waals surface area contributed by atoms with E-state index in [-0.39, 0.29) is 12.1 Å². The van der Waals surface area contributed by atoms with Crippen molar-refractivity contribution < 1.29 is 11.9 Å². The normalized spacial score (nSPS) is 22.6. The van der Waals surface area contributed by atoms with Crippen LogP contribution in [0.3, 0.4) is 0 Å². The van der Waals surface area contributed by atoms with E-state index in [1.807, 2.05) is 0 Å². The molecule has 0 aromatic carbocycles. The van der Waals surface area contributed by atoms with Crippen molar-refractivity contribution in [2.45, 2.75) is 76.3 Å². The van der Waals surface area contributed by atoms with Gasteiger partial charge in [0.2, 0.25) is 0 Å². The molecule has 0 aromatic heterocycles. The van der Waals surface area contributed by atoms with Gasteiger partial charge in [-0.2, -0.15) is 0 Å². The minimum Gasteiger partial charge on any atom is -0.675 e. The van der Waals surface area contributed by atoms with Crippen LogP contribution >= 0.6 is 37.7 Å². The maximum absolute atomic E-state index is 7.27. The van der Waals surface area contributed by atoms with E-state index in [2.05, 4.69) is 0 Å². The fourth-order valence-corrected chi connectivity index (χ4v) is 2.21. The van der Waals surface area contributed by atoms with Gasteiger partial charge in [-0.3, -0.25) is 0 Å². The van der Waals surface area contributed by atoms with E-state index in [1.54, 1.807) is 0 Å². The van der Waals surface area contributed by atoms with Crippen molar-refractivity contribution in [2.75, 3.05) is 0 Å². The van der Waals surface area contributed by atoms with E-state index in [4.69, 9.17) is 49.1 Å². The zero-order valence-corrected chi connectivity index (χ0v) is 16.3. The number of hydrogen-bond donors (Lipinski definition) is 0. The van der Waals surface area contributed by atoms with E-state index in [0.29, 0.717) is 0 Å². The Morgan fingerprint density at radius 1 is 0.579 bits per heavy atom. The van der Waals surface area contributed by atoms with Crippen molar-refractivity contribution in [3.05, 3.63) is 11.5 Å². The van der Waals surface area contributed by atoms with Gasteiger partial charge in [-0.1, -0.05) is 64.2 Å². The molecule has 0 aromatic rings. The first-order chi connectivity index (χ1) is 8.79. The van der Waals surface area contributed by atoms with Crippen LogP contribution in [-0.2, 0) is 11.9 Å². The van der Waals surface area contributed by atoms with Crippen molar-refractivity contribution in [2.24, 2.45) is 0 Å². The maximum Gasteiger partial charge on any atom is -0.0534 e. The van der Waals surface area contributed by atoms with Crippen molar-refractivity contribution in [1.29, 1.82) is 0 Å². The first-order valence-corrected chi connectivity index (χ1v) is 18.0. The number of halogens is 4. The van der Waals surface area contributed by atoms with Gasteiger partial charge < -0.3 is 11.5 Å². The van der Waals surface area contributed by atoms with Crippen LogP contribution in [-0.4, -0.2) is 12.1 Å². The number of rotatable bonds is 0. The first-order valence-electron chi connectivity index (χ1n) is 6.69. The smallest absolute Gasteiger partial charge is 0.0534 e. The average Bonchev–Trinajstić information content (AvgIpc) is 2.29. The summed E-state index contributed by atoms with van der Waals surface area (Å²) in [6, 6.07) is 0.572. The molecule has 2 aliphatic rings. The Morgan fingerprint density at radius 2 is 0.789 bits per heavy atom. The van der Waals surface area contributed by atoms with E-state index in [9.17, 15) is 0 Å². The molecule has 19 heavy (non-hydrogen) atoms. The Balaban J connectivity index is 0.000000261. The van der Waals surface area contributed by atoms with Crippen LogP contribution < -0.4 is 0 Å². The first kappa shape index (κ1) is 20.8. The van der Waals surface area contributed by atoms with Crippen LogP contribution in [0.5, 0.6) is 0 Å². The van der Waals surface area contributed by atoms with Crippen LogP contribution in [0.15, 0.2) is 0 Å². The summed E-state index contributed by atoms with van der Waals surface area (Å²) < 4.78 is 0. The van der Waals surface area contributed by atoms with Crippen LogP contribution in [0, 0.1) is 0 Å². The largest absolute Gasteiger partial charge is 0.675 e. The van der Waals surface area contributed by atoms with Crippen molar-refractivity contribution in [3.8, 4) is 0 Å². The van der Waals surface area contributed by atoms with Gasteiger partial charge in [0.1, 0.15) is 0 Å². The van der Waals surface area contributed by atoms with Gasteiger partial charge in [0, 0.05) is 0 Å². The van der Waals surface area contributed by atoms with Crippen LogP contribution in [0.1, 0.15) is 64.2 Å². The van der Waals surface area contributed by atoms with Crippen molar-refractivity contribution in [3.63, 3.8) is 0 Å². The second-order valence-electron chi connectivity index (χ2n) is 4.94. The Kier molecular flexibility index (Phi) is 13.5. The van der Waals surface area contributed by atoms with Gasteiger partial charge >= 0.3 is 49.6 Å². The predicted octanol–water partition coefficient (Wildman–Crippen LogP) is 7.50. The molecule has 0 atom stereocenters. The Bertz CT molecular complexity index is 180. The maximum atomic E-state index is 7.27. The topological polar surface area (TPSA) is 47.6 Å². The van der Waals surface area contributed by atoms with Gasteiger partial charge in [0.15, 0.2) is 0 Å². The van der Waals surface area contributed by atoms with E-state index in [0.717, 1.165) is 25.7 Å². The van der Waals surface area contributed by atoms with Gasteiger partial charge in [0.25, 0.3) is 0 Å². The molecule has 2 fully saturated rings. The molecule has 2 nitrogen and oxygen atoms in total. The molecule has 0 spiro atoms. The molecule has 2 saturated carbocycles. The molecule has 2 aliphatic carbocycles. The summed E-state index contributed by atoms with van der Waals surface area (Å²) in [4.78, 5) is 0. The summed E-state index contributed by atoms with van der Waals surface area (Å²) in [7, 11) is 20.0. The average molecular weight is 533 g/mol. The molecule has 2 N–H and O–H groups in total. The fraction of sp³-hybridized carbons (Fsp3) is 1.00. The van der Waals surface area contributed by atoms with Gasteiger partial charge in [-0.25, -0.2) is 0 Å².